The maximum absolute atomic E-state index is 5.92. The summed E-state index contributed by atoms with van der Waals surface area (Å²) in [7, 11) is 0. The van der Waals surface area contributed by atoms with Crippen LogP contribution in [0.4, 0.5) is 5.88 Å². The van der Waals surface area contributed by atoms with E-state index in [-0.39, 0.29) is 0 Å². The highest BCUT2D eigenvalue weighted by atomic mass is 16.5. The van der Waals surface area contributed by atoms with Crippen LogP contribution in [0.5, 0.6) is 5.75 Å². The second-order valence-corrected chi connectivity index (χ2v) is 5.81. The second kappa shape index (κ2) is 5.19. The van der Waals surface area contributed by atoms with Gasteiger partial charge < -0.3 is 15.0 Å². The fraction of sp³-hybridized carbons (Fsp3) is 0.438. The zero-order valence-electron chi connectivity index (χ0n) is 11.9. The number of nitrogens with zero attached hydrogens (tertiary/aromatic N) is 1. The van der Waals surface area contributed by atoms with Gasteiger partial charge in [0.1, 0.15) is 5.75 Å². The molecule has 1 aliphatic rings. The normalized spacial score (nSPS) is 14.8. The van der Waals surface area contributed by atoms with Crippen molar-refractivity contribution in [2.75, 3.05) is 12.3 Å². The van der Waals surface area contributed by atoms with Crippen LogP contribution in [-0.4, -0.2) is 11.8 Å². The molecule has 3 rings (SSSR count). The first-order valence-electron chi connectivity index (χ1n) is 7.13. The van der Waals surface area contributed by atoms with E-state index in [0.29, 0.717) is 17.7 Å². The number of anilines is 1. The minimum Gasteiger partial charge on any atom is -0.493 e. The Morgan fingerprint density at radius 2 is 2.00 bits per heavy atom. The van der Waals surface area contributed by atoms with Gasteiger partial charge in [-0.2, -0.15) is 0 Å². The lowest BCUT2D eigenvalue weighted by atomic mass is 10.0. The molecule has 0 unspecified atom stereocenters. The first-order chi connectivity index (χ1) is 9.65. The molecule has 4 nitrogen and oxygen atoms in total. The highest BCUT2D eigenvalue weighted by Gasteiger charge is 2.31. The van der Waals surface area contributed by atoms with E-state index >= 15 is 0 Å². The van der Waals surface area contributed by atoms with Crippen LogP contribution in [0.1, 0.15) is 38.3 Å². The molecule has 1 heterocycles. The van der Waals surface area contributed by atoms with E-state index in [1.54, 1.807) is 0 Å². The Labute approximate surface area is 118 Å². The number of rotatable bonds is 5. The predicted molar refractivity (Wildman–Crippen MR) is 78.7 cm³/mol. The minimum absolute atomic E-state index is 0.405. The molecular formula is C16H20N2O2. The number of hydrogen-bond donors (Lipinski definition) is 1. The molecule has 1 aromatic carbocycles. The number of benzene rings is 1. The van der Waals surface area contributed by atoms with Gasteiger partial charge >= 0.3 is 0 Å². The van der Waals surface area contributed by atoms with Crippen molar-refractivity contribution in [3.8, 4) is 16.9 Å². The number of aromatic nitrogens is 1. The average molecular weight is 272 g/mol. The molecule has 2 aromatic rings. The Hall–Kier alpha value is -1.97. The van der Waals surface area contributed by atoms with E-state index in [1.807, 2.05) is 24.3 Å². The molecule has 2 N–H and O–H groups in total. The van der Waals surface area contributed by atoms with Gasteiger partial charge in [0.15, 0.2) is 0 Å². The highest BCUT2D eigenvalue weighted by Crippen LogP contribution is 2.45. The predicted octanol–water partition coefficient (Wildman–Crippen LogP) is 3.84. The molecule has 0 saturated heterocycles. The Morgan fingerprint density at radius 3 is 2.60 bits per heavy atom. The van der Waals surface area contributed by atoms with Crippen LogP contribution >= 0.6 is 0 Å². The van der Waals surface area contributed by atoms with Gasteiger partial charge in [-0.1, -0.05) is 31.1 Å². The van der Waals surface area contributed by atoms with E-state index in [9.17, 15) is 0 Å². The number of ether oxygens (including phenoxy) is 1. The van der Waals surface area contributed by atoms with Crippen LogP contribution in [0.3, 0.4) is 0 Å². The molecule has 0 spiro atoms. The van der Waals surface area contributed by atoms with Crippen molar-refractivity contribution in [1.29, 1.82) is 0 Å². The molecule has 106 valence electrons. The summed E-state index contributed by atoms with van der Waals surface area (Å²) in [6.07, 6.45) is 2.35. The summed E-state index contributed by atoms with van der Waals surface area (Å²) in [4.78, 5) is 0. The standard InChI is InChI=1S/C16H20N2O2/c1-10(2)9-19-13-7-5-11(6-8-13)14-15(12-3-4-12)18-20-16(14)17/h5-8,10,12H,3-4,9,17H2,1-2H3. The van der Waals surface area contributed by atoms with Crippen LogP contribution < -0.4 is 10.5 Å². The van der Waals surface area contributed by atoms with Gasteiger partial charge in [0, 0.05) is 5.92 Å². The fourth-order valence-electron chi connectivity index (χ4n) is 2.22. The summed E-state index contributed by atoms with van der Waals surface area (Å²) in [5, 5.41) is 4.10. The molecule has 1 aromatic heterocycles. The molecular weight excluding hydrogens is 252 g/mol. The Kier molecular flexibility index (Phi) is 3.38. The second-order valence-electron chi connectivity index (χ2n) is 5.81. The summed E-state index contributed by atoms with van der Waals surface area (Å²) < 4.78 is 10.8. The molecule has 0 aliphatic heterocycles. The Bertz CT molecular complexity index is 583. The first kappa shape index (κ1) is 13.0. The monoisotopic (exact) mass is 272 g/mol. The van der Waals surface area contributed by atoms with E-state index in [2.05, 4.69) is 19.0 Å². The molecule has 0 bridgehead atoms. The van der Waals surface area contributed by atoms with E-state index in [1.165, 1.54) is 12.8 Å². The van der Waals surface area contributed by atoms with E-state index in [4.69, 9.17) is 15.0 Å². The van der Waals surface area contributed by atoms with E-state index < -0.39 is 0 Å². The van der Waals surface area contributed by atoms with Crippen molar-refractivity contribution < 1.29 is 9.26 Å². The van der Waals surface area contributed by atoms with Crippen LogP contribution in [0.25, 0.3) is 11.1 Å². The zero-order valence-corrected chi connectivity index (χ0v) is 11.9. The lowest BCUT2D eigenvalue weighted by Gasteiger charge is -2.09. The average Bonchev–Trinajstić information content (AvgIpc) is 3.20. The highest BCUT2D eigenvalue weighted by molar-refractivity contribution is 5.76. The maximum atomic E-state index is 5.92. The van der Waals surface area contributed by atoms with Gasteiger partial charge in [-0.3, -0.25) is 0 Å². The van der Waals surface area contributed by atoms with Gasteiger partial charge in [0.2, 0.25) is 5.88 Å². The SMILES string of the molecule is CC(C)COc1ccc(-c2c(C3CC3)noc2N)cc1. The van der Waals surface area contributed by atoms with Crippen molar-refractivity contribution in [1.82, 2.24) is 5.16 Å². The molecule has 1 fully saturated rings. The number of hydrogen-bond acceptors (Lipinski definition) is 4. The van der Waals surface area contributed by atoms with E-state index in [0.717, 1.165) is 29.2 Å². The third-order valence-corrected chi connectivity index (χ3v) is 3.44. The van der Waals surface area contributed by atoms with Crippen molar-refractivity contribution >= 4 is 5.88 Å². The smallest absolute Gasteiger partial charge is 0.230 e. The molecule has 0 amide bonds. The molecule has 0 atom stereocenters. The fourth-order valence-corrected chi connectivity index (χ4v) is 2.22. The van der Waals surface area contributed by atoms with Gasteiger partial charge in [0.05, 0.1) is 17.9 Å². The summed E-state index contributed by atoms with van der Waals surface area (Å²) in [5.41, 5.74) is 8.90. The van der Waals surface area contributed by atoms with Crippen molar-refractivity contribution in [2.24, 2.45) is 5.92 Å². The minimum atomic E-state index is 0.405. The zero-order chi connectivity index (χ0) is 14.1. The largest absolute Gasteiger partial charge is 0.493 e. The van der Waals surface area contributed by atoms with Crippen LogP contribution in [0, 0.1) is 5.92 Å². The Balaban J connectivity index is 1.82. The van der Waals surface area contributed by atoms with Crippen molar-refractivity contribution in [3.63, 3.8) is 0 Å². The Morgan fingerprint density at radius 1 is 1.30 bits per heavy atom. The molecule has 4 heteroatoms. The van der Waals surface area contributed by atoms with Crippen molar-refractivity contribution in [3.05, 3.63) is 30.0 Å². The molecule has 1 aliphatic carbocycles. The quantitative estimate of drug-likeness (QED) is 0.898. The molecule has 1 saturated carbocycles. The summed E-state index contributed by atoms with van der Waals surface area (Å²) in [6, 6.07) is 7.98. The maximum Gasteiger partial charge on any atom is 0.230 e. The lowest BCUT2D eigenvalue weighted by molar-refractivity contribution is 0.271. The first-order valence-corrected chi connectivity index (χ1v) is 7.13. The van der Waals surface area contributed by atoms with Crippen molar-refractivity contribution in [2.45, 2.75) is 32.6 Å². The third kappa shape index (κ3) is 2.64. The van der Waals surface area contributed by atoms with Crippen LogP contribution in [0.15, 0.2) is 28.8 Å². The van der Waals surface area contributed by atoms with Gasteiger partial charge in [-0.05, 0) is 36.5 Å². The van der Waals surface area contributed by atoms with Crippen LogP contribution in [-0.2, 0) is 0 Å². The third-order valence-electron chi connectivity index (χ3n) is 3.44. The lowest BCUT2D eigenvalue weighted by Crippen LogP contribution is -2.04. The van der Waals surface area contributed by atoms with Gasteiger partial charge in [-0.15, -0.1) is 0 Å². The number of nitrogen functional groups attached to an aromatic ring is 1. The molecule has 20 heavy (non-hydrogen) atoms. The summed E-state index contributed by atoms with van der Waals surface area (Å²) in [5.74, 6) is 2.32. The molecule has 0 radical (unpaired) electrons. The summed E-state index contributed by atoms with van der Waals surface area (Å²) >= 11 is 0. The van der Waals surface area contributed by atoms with Gasteiger partial charge in [-0.25, -0.2) is 0 Å². The van der Waals surface area contributed by atoms with Gasteiger partial charge in [0.25, 0.3) is 0 Å². The van der Waals surface area contributed by atoms with Crippen LogP contribution in [0.2, 0.25) is 0 Å². The number of nitrogens with two attached hydrogens (primary N) is 1. The summed E-state index contributed by atoms with van der Waals surface area (Å²) in [6.45, 7) is 4.99. The topological polar surface area (TPSA) is 61.3 Å².